The van der Waals surface area contributed by atoms with Gasteiger partial charge in [-0.25, -0.2) is 4.98 Å². The highest BCUT2D eigenvalue weighted by Crippen LogP contribution is 2.35. The predicted octanol–water partition coefficient (Wildman–Crippen LogP) is 5.49. The van der Waals surface area contributed by atoms with E-state index in [0.29, 0.717) is 29.3 Å². The average Bonchev–Trinajstić information content (AvgIpc) is 3.50. The number of rotatable bonds is 5. The number of amides is 1. The highest BCUT2D eigenvalue weighted by atomic mass is 16.5. The largest absolute Gasteiger partial charge is 0.497 e. The fourth-order valence-electron chi connectivity index (χ4n) is 4.26. The Kier molecular flexibility index (Phi) is 5.27. The van der Waals surface area contributed by atoms with Crippen LogP contribution in [0.5, 0.6) is 11.5 Å². The Morgan fingerprint density at radius 3 is 2.53 bits per heavy atom. The number of oxazole rings is 1. The van der Waals surface area contributed by atoms with E-state index in [2.05, 4.69) is 0 Å². The minimum Gasteiger partial charge on any atom is -0.497 e. The summed E-state index contributed by atoms with van der Waals surface area (Å²) in [5.41, 5.74) is 4.18. The van der Waals surface area contributed by atoms with Crippen molar-refractivity contribution in [2.45, 2.75) is 18.9 Å². The third-order valence-electron chi connectivity index (χ3n) is 5.92. The van der Waals surface area contributed by atoms with Crippen molar-refractivity contribution >= 4 is 17.0 Å². The van der Waals surface area contributed by atoms with E-state index in [4.69, 9.17) is 18.9 Å². The van der Waals surface area contributed by atoms with Crippen LogP contribution in [-0.4, -0.2) is 36.6 Å². The zero-order chi connectivity index (χ0) is 22.1. The van der Waals surface area contributed by atoms with Crippen LogP contribution in [0.4, 0.5) is 0 Å². The first-order valence-corrected chi connectivity index (χ1v) is 10.7. The van der Waals surface area contributed by atoms with Crippen molar-refractivity contribution in [2.75, 3.05) is 20.8 Å². The molecule has 0 bridgehead atoms. The molecule has 3 aromatic carbocycles. The number of aromatic nitrogens is 1. The maximum absolute atomic E-state index is 13.2. The maximum Gasteiger partial charge on any atom is 0.254 e. The minimum atomic E-state index is -0.179. The number of methoxy groups -OCH3 is 2. The molecular weight excluding hydrogens is 404 g/mol. The molecule has 0 unspecified atom stereocenters. The summed E-state index contributed by atoms with van der Waals surface area (Å²) in [4.78, 5) is 19.8. The van der Waals surface area contributed by atoms with Gasteiger partial charge in [0, 0.05) is 12.1 Å². The van der Waals surface area contributed by atoms with Gasteiger partial charge in [0.2, 0.25) is 5.89 Å². The molecule has 6 heteroatoms. The van der Waals surface area contributed by atoms with Gasteiger partial charge >= 0.3 is 0 Å². The van der Waals surface area contributed by atoms with Crippen LogP contribution in [-0.2, 0) is 0 Å². The Morgan fingerprint density at radius 1 is 0.969 bits per heavy atom. The highest BCUT2D eigenvalue weighted by Gasteiger charge is 2.34. The standard InChI is InChI=1S/C26H24N2O4/c1-30-20-8-3-6-17(14-20)18-11-12-24-22(16-18)27-25(32-24)23-10-5-13-28(23)26(29)19-7-4-9-21(15-19)31-2/h3-4,6-9,11-12,14-16,23H,5,10,13H2,1-2H3/t23-/m0/s1. The number of fused-ring (bicyclic) bond motifs is 1. The number of benzene rings is 3. The number of hydrogen-bond donors (Lipinski definition) is 0. The van der Waals surface area contributed by atoms with Gasteiger partial charge < -0.3 is 18.8 Å². The third-order valence-corrected chi connectivity index (χ3v) is 5.92. The van der Waals surface area contributed by atoms with Crippen molar-refractivity contribution in [3.8, 4) is 22.6 Å². The molecule has 5 rings (SSSR count). The van der Waals surface area contributed by atoms with Crippen LogP contribution in [0.2, 0.25) is 0 Å². The molecule has 0 aliphatic carbocycles. The summed E-state index contributed by atoms with van der Waals surface area (Å²) < 4.78 is 16.7. The highest BCUT2D eigenvalue weighted by molar-refractivity contribution is 5.95. The van der Waals surface area contributed by atoms with Crippen LogP contribution < -0.4 is 9.47 Å². The lowest BCUT2D eigenvalue weighted by atomic mass is 10.1. The molecule has 0 radical (unpaired) electrons. The van der Waals surface area contributed by atoms with Crippen LogP contribution in [0.1, 0.15) is 35.1 Å². The summed E-state index contributed by atoms with van der Waals surface area (Å²) in [7, 11) is 3.26. The van der Waals surface area contributed by atoms with E-state index in [9.17, 15) is 4.79 Å². The van der Waals surface area contributed by atoms with Crippen LogP contribution in [0, 0.1) is 0 Å². The zero-order valence-electron chi connectivity index (χ0n) is 18.1. The van der Waals surface area contributed by atoms with Crippen molar-refractivity contribution < 1.29 is 18.7 Å². The Hall–Kier alpha value is -3.80. The molecule has 2 heterocycles. The molecule has 6 nitrogen and oxygen atoms in total. The minimum absolute atomic E-state index is 0.0364. The molecule has 1 aromatic heterocycles. The molecule has 1 atom stereocenters. The van der Waals surface area contributed by atoms with E-state index >= 15 is 0 Å². The van der Waals surface area contributed by atoms with Gasteiger partial charge in [0.25, 0.3) is 5.91 Å². The number of ether oxygens (including phenoxy) is 2. The molecule has 0 spiro atoms. The number of carbonyl (C=O) groups is 1. The lowest BCUT2D eigenvalue weighted by molar-refractivity contribution is 0.0716. The second kappa shape index (κ2) is 8.38. The van der Waals surface area contributed by atoms with Crippen LogP contribution in [0.3, 0.4) is 0 Å². The average molecular weight is 428 g/mol. The molecule has 1 fully saturated rings. The SMILES string of the molecule is COc1cccc(C(=O)N2CCC[C@H]2c2nc3cc(-c4cccc(OC)c4)ccc3o2)c1. The lowest BCUT2D eigenvalue weighted by Crippen LogP contribution is -2.30. The molecule has 0 saturated carbocycles. The molecule has 1 saturated heterocycles. The van der Waals surface area contributed by atoms with E-state index in [1.165, 1.54) is 0 Å². The first-order valence-electron chi connectivity index (χ1n) is 10.7. The summed E-state index contributed by atoms with van der Waals surface area (Å²) in [5.74, 6) is 2.02. The first kappa shape index (κ1) is 20.1. The summed E-state index contributed by atoms with van der Waals surface area (Å²) in [6, 6.07) is 20.9. The van der Waals surface area contributed by atoms with Gasteiger partial charge in [-0.15, -0.1) is 0 Å². The van der Waals surface area contributed by atoms with Gasteiger partial charge in [-0.1, -0.05) is 24.3 Å². The van der Waals surface area contributed by atoms with Crippen molar-refractivity contribution in [2.24, 2.45) is 0 Å². The topological polar surface area (TPSA) is 64.8 Å². The van der Waals surface area contributed by atoms with Gasteiger partial charge in [0.1, 0.15) is 23.1 Å². The summed E-state index contributed by atoms with van der Waals surface area (Å²) in [5, 5.41) is 0. The van der Waals surface area contributed by atoms with E-state index in [-0.39, 0.29) is 11.9 Å². The lowest BCUT2D eigenvalue weighted by Gasteiger charge is -2.22. The molecule has 0 N–H and O–H groups in total. The second-order valence-electron chi connectivity index (χ2n) is 7.86. The zero-order valence-corrected chi connectivity index (χ0v) is 18.1. The van der Waals surface area contributed by atoms with E-state index in [1.807, 2.05) is 65.6 Å². The predicted molar refractivity (Wildman–Crippen MR) is 122 cm³/mol. The van der Waals surface area contributed by atoms with Crippen LogP contribution >= 0.6 is 0 Å². The van der Waals surface area contributed by atoms with E-state index in [0.717, 1.165) is 35.2 Å². The second-order valence-corrected chi connectivity index (χ2v) is 7.86. The fourth-order valence-corrected chi connectivity index (χ4v) is 4.26. The Morgan fingerprint density at radius 2 is 1.72 bits per heavy atom. The van der Waals surface area contributed by atoms with Gasteiger partial charge in [-0.05, 0) is 66.4 Å². The molecule has 1 aliphatic heterocycles. The smallest absolute Gasteiger partial charge is 0.254 e. The molecule has 4 aromatic rings. The van der Waals surface area contributed by atoms with Crippen molar-refractivity contribution in [3.05, 3.63) is 78.2 Å². The van der Waals surface area contributed by atoms with Crippen molar-refractivity contribution in [3.63, 3.8) is 0 Å². The first-order chi connectivity index (χ1) is 15.7. The number of nitrogens with zero attached hydrogens (tertiary/aromatic N) is 2. The summed E-state index contributed by atoms with van der Waals surface area (Å²) in [6.45, 7) is 0.675. The Labute approximate surface area is 186 Å². The normalized spacial score (nSPS) is 15.8. The van der Waals surface area contributed by atoms with Gasteiger partial charge in [0.15, 0.2) is 5.58 Å². The van der Waals surface area contributed by atoms with Gasteiger partial charge in [-0.3, -0.25) is 4.79 Å². The number of likely N-dealkylation sites (tertiary alicyclic amines) is 1. The van der Waals surface area contributed by atoms with E-state index < -0.39 is 0 Å². The molecular formula is C26H24N2O4. The number of carbonyl (C=O) groups excluding carboxylic acids is 1. The maximum atomic E-state index is 13.2. The Bertz CT molecular complexity index is 1280. The molecule has 1 amide bonds. The van der Waals surface area contributed by atoms with Crippen molar-refractivity contribution in [1.29, 1.82) is 0 Å². The summed E-state index contributed by atoms with van der Waals surface area (Å²) in [6.07, 6.45) is 1.74. The van der Waals surface area contributed by atoms with Gasteiger partial charge in [-0.2, -0.15) is 0 Å². The quantitative estimate of drug-likeness (QED) is 0.421. The van der Waals surface area contributed by atoms with Crippen molar-refractivity contribution in [1.82, 2.24) is 9.88 Å². The van der Waals surface area contributed by atoms with Crippen LogP contribution in [0.15, 0.2) is 71.1 Å². The third kappa shape index (κ3) is 3.68. The monoisotopic (exact) mass is 428 g/mol. The molecule has 162 valence electrons. The number of hydrogen-bond acceptors (Lipinski definition) is 5. The molecule has 32 heavy (non-hydrogen) atoms. The van der Waals surface area contributed by atoms with E-state index in [1.54, 1.807) is 20.3 Å². The van der Waals surface area contributed by atoms with Gasteiger partial charge in [0.05, 0.1) is 14.2 Å². The summed E-state index contributed by atoms with van der Waals surface area (Å²) >= 11 is 0. The van der Waals surface area contributed by atoms with Crippen LogP contribution in [0.25, 0.3) is 22.2 Å². The Balaban J connectivity index is 1.45. The molecule has 1 aliphatic rings. The fraction of sp³-hybridized carbons (Fsp3) is 0.231.